The fourth-order valence-electron chi connectivity index (χ4n) is 4.94. The largest absolute Gasteiger partial charge is 0.495 e. The first-order valence-corrected chi connectivity index (χ1v) is 12.2. The monoisotopic (exact) mass is 478 g/mol. The summed E-state index contributed by atoms with van der Waals surface area (Å²) in [7, 11) is 1.69. The SMILES string of the molecule is COc1ccccc1N1CCN(CC(O)COc2ccc(C3CC(C#N)C(=O)NC3C)cc2)CC1. The molecule has 4 unspecified atom stereocenters. The van der Waals surface area contributed by atoms with Gasteiger partial charge in [0.2, 0.25) is 5.91 Å². The minimum absolute atomic E-state index is 0.0239. The summed E-state index contributed by atoms with van der Waals surface area (Å²) in [6, 6.07) is 17.9. The van der Waals surface area contributed by atoms with Gasteiger partial charge in [-0.3, -0.25) is 9.69 Å². The first-order chi connectivity index (χ1) is 17.0. The van der Waals surface area contributed by atoms with E-state index in [-0.39, 0.29) is 24.5 Å². The number of nitrogens with zero attached hydrogens (tertiary/aromatic N) is 3. The minimum atomic E-state index is -0.612. The van der Waals surface area contributed by atoms with Gasteiger partial charge in [-0.2, -0.15) is 5.26 Å². The first kappa shape index (κ1) is 24.8. The van der Waals surface area contributed by atoms with Crippen molar-refractivity contribution in [1.82, 2.24) is 10.2 Å². The van der Waals surface area contributed by atoms with E-state index in [4.69, 9.17) is 9.47 Å². The lowest BCUT2D eigenvalue weighted by Gasteiger charge is -2.37. The van der Waals surface area contributed by atoms with Gasteiger partial charge >= 0.3 is 0 Å². The molecular formula is C27H34N4O4. The molecule has 2 N–H and O–H groups in total. The molecule has 186 valence electrons. The zero-order valence-electron chi connectivity index (χ0n) is 20.4. The standard InChI is InChI=1S/C27H34N4O4/c1-19-24(15-21(16-28)27(33)29-19)20-7-9-23(10-8-20)35-18-22(32)17-30-11-13-31(14-12-30)25-5-3-4-6-26(25)34-2/h3-10,19,21-22,24,32H,11-15,17-18H2,1-2H3,(H,29,33). The second-order valence-electron chi connectivity index (χ2n) is 9.31. The van der Waals surface area contributed by atoms with E-state index in [1.807, 2.05) is 49.4 Å². The maximum atomic E-state index is 11.9. The second kappa shape index (κ2) is 11.4. The lowest BCUT2D eigenvalue weighted by Crippen LogP contribution is -2.49. The molecule has 2 aromatic carbocycles. The topological polar surface area (TPSA) is 98.1 Å². The number of ether oxygens (including phenoxy) is 2. The van der Waals surface area contributed by atoms with Crippen LogP contribution in [0.3, 0.4) is 0 Å². The van der Waals surface area contributed by atoms with Crippen LogP contribution in [0.2, 0.25) is 0 Å². The first-order valence-electron chi connectivity index (χ1n) is 12.2. The molecule has 2 aliphatic heterocycles. The number of amides is 1. The molecule has 1 amide bonds. The van der Waals surface area contributed by atoms with Crippen molar-refractivity contribution in [3.63, 3.8) is 0 Å². The number of aliphatic hydroxyl groups is 1. The summed E-state index contributed by atoms with van der Waals surface area (Å²) in [4.78, 5) is 16.5. The van der Waals surface area contributed by atoms with Crippen molar-refractivity contribution in [2.75, 3.05) is 51.3 Å². The van der Waals surface area contributed by atoms with Gasteiger partial charge in [0.05, 0.1) is 18.9 Å². The number of piperidine rings is 1. The Morgan fingerprint density at radius 3 is 2.54 bits per heavy atom. The molecule has 2 saturated heterocycles. The van der Waals surface area contributed by atoms with Crippen LogP contribution in [0.5, 0.6) is 11.5 Å². The average molecular weight is 479 g/mol. The summed E-state index contributed by atoms with van der Waals surface area (Å²) in [5.74, 6) is 0.864. The Morgan fingerprint density at radius 2 is 1.86 bits per heavy atom. The fourth-order valence-corrected chi connectivity index (χ4v) is 4.94. The van der Waals surface area contributed by atoms with Crippen LogP contribution in [0.15, 0.2) is 48.5 Å². The van der Waals surface area contributed by atoms with Crippen LogP contribution >= 0.6 is 0 Å². The zero-order chi connectivity index (χ0) is 24.8. The van der Waals surface area contributed by atoms with E-state index in [0.717, 1.165) is 43.2 Å². The van der Waals surface area contributed by atoms with E-state index in [0.29, 0.717) is 18.7 Å². The molecule has 8 heteroatoms. The number of nitrogens with one attached hydrogen (secondary N) is 1. The third kappa shape index (κ3) is 6.05. The van der Waals surface area contributed by atoms with Gasteiger partial charge in [0, 0.05) is 44.7 Å². The molecule has 0 radical (unpaired) electrons. The minimum Gasteiger partial charge on any atom is -0.495 e. The highest BCUT2D eigenvalue weighted by atomic mass is 16.5. The highest BCUT2D eigenvalue weighted by Crippen LogP contribution is 2.32. The molecule has 0 aromatic heterocycles. The summed E-state index contributed by atoms with van der Waals surface area (Å²) in [6.45, 7) is 6.23. The molecule has 4 rings (SSSR count). The Kier molecular flexibility index (Phi) is 8.11. The lowest BCUT2D eigenvalue weighted by atomic mass is 9.81. The van der Waals surface area contributed by atoms with Crippen LogP contribution in [-0.4, -0.2) is 74.5 Å². The van der Waals surface area contributed by atoms with E-state index < -0.39 is 12.0 Å². The van der Waals surface area contributed by atoms with Crippen LogP contribution in [0.1, 0.15) is 24.8 Å². The molecule has 2 aromatic rings. The second-order valence-corrected chi connectivity index (χ2v) is 9.31. The number of methoxy groups -OCH3 is 1. The highest BCUT2D eigenvalue weighted by Gasteiger charge is 2.34. The van der Waals surface area contributed by atoms with Gasteiger partial charge in [-0.05, 0) is 43.2 Å². The quantitative estimate of drug-likeness (QED) is 0.601. The molecule has 2 heterocycles. The van der Waals surface area contributed by atoms with Crippen LogP contribution in [-0.2, 0) is 4.79 Å². The van der Waals surface area contributed by atoms with Gasteiger partial charge in [0.25, 0.3) is 0 Å². The summed E-state index contributed by atoms with van der Waals surface area (Å²) in [6.07, 6.45) is -0.0651. The third-order valence-electron chi connectivity index (χ3n) is 6.95. The van der Waals surface area contributed by atoms with Crippen molar-refractivity contribution in [2.45, 2.75) is 31.4 Å². The van der Waals surface area contributed by atoms with Crippen molar-refractivity contribution >= 4 is 11.6 Å². The molecule has 0 spiro atoms. The van der Waals surface area contributed by atoms with E-state index in [1.54, 1.807) is 7.11 Å². The molecular weight excluding hydrogens is 444 g/mol. The molecule has 35 heavy (non-hydrogen) atoms. The Hall–Kier alpha value is -3.28. The number of β-amino-alcohol motifs (C(OH)–C–C–N with tert-alkyl or cyclic N) is 1. The van der Waals surface area contributed by atoms with Gasteiger partial charge < -0.3 is 24.8 Å². The van der Waals surface area contributed by atoms with Crippen molar-refractivity contribution in [3.8, 4) is 17.6 Å². The zero-order valence-corrected chi connectivity index (χ0v) is 20.4. The summed E-state index contributed by atoms with van der Waals surface area (Å²) < 4.78 is 11.3. The number of benzene rings is 2. The number of piperazine rings is 1. The average Bonchev–Trinajstić information content (AvgIpc) is 2.88. The van der Waals surface area contributed by atoms with Crippen molar-refractivity contribution in [1.29, 1.82) is 5.26 Å². The van der Waals surface area contributed by atoms with E-state index >= 15 is 0 Å². The van der Waals surface area contributed by atoms with Gasteiger partial charge in [-0.15, -0.1) is 0 Å². The molecule has 2 fully saturated rings. The predicted octanol–water partition coefficient (Wildman–Crippen LogP) is 2.39. The molecule has 8 nitrogen and oxygen atoms in total. The number of anilines is 1. The van der Waals surface area contributed by atoms with Gasteiger partial charge in [0.1, 0.15) is 30.1 Å². The van der Waals surface area contributed by atoms with Crippen LogP contribution in [0.4, 0.5) is 5.69 Å². The van der Waals surface area contributed by atoms with Crippen molar-refractivity contribution < 1.29 is 19.4 Å². The normalized spacial score (nSPS) is 23.8. The smallest absolute Gasteiger partial charge is 0.237 e. The number of hydrogen-bond donors (Lipinski definition) is 2. The highest BCUT2D eigenvalue weighted by molar-refractivity contribution is 5.82. The van der Waals surface area contributed by atoms with Crippen molar-refractivity contribution in [2.24, 2.45) is 5.92 Å². The molecule has 2 aliphatic rings. The number of carbonyl (C=O) groups is 1. The Balaban J connectivity index is 1.23. The van der Waals surface area contributed by atoms with E-state index in [9.17, 15) is 15.2 Å². The Bertz CT molecular complexity index is 1030. The summed E-state index contributed by atoms with van der Waals surface area (Å²) >= 11 is 0. The molecule has 0 aliphatic carbocycles. The van der Waals surface area contributed by atoms with Crippen LogP contribution < -0.4 is 19.7 Å². The maximum absolute atomic E-state index is 11.9. The van der Waals surface area contributed by atoms with Gasteiger partial charge in [-0.25, -0.2) is 0 Å². The van der Waals surface area contributed by atoms with E-state index in [1.165, 1.54) is 0 Å². The summed E-state index contributed by atoms with van der Waals surface area (Å²) in [5, 5.41) is 22.6. The Labute approximate surface area is 207 Å². The predicted molar refractivity (Wildman–Crippen MR) is 134 cm³/mol. The number of hydrogen-bond acceptors (Lipinski definition) is 7. The number of aliphatic hydroxyl groups excluding tert-OH is 1. The van der Waals surface area contributed by atoms with Crippen LogP contribution in [0.25, 0.3) is 0 Å². The number of para-hydroxylation sites is 2. The number of carbonyl (C=O) groups excluding carboxylic acids is 1. The van der Waals surface area contributed by atoms with Gasteiger partial charge in [-0.1, -0.05) is 24.3 Å². The number of nitriles is 1. The molecule has 4 atom stereocenters. The maximum Gasteiger partial charge on any atom is 0.237 e. The molecule has 0 bridgehead atoms. The van der Waals surface area contributed by atoms with E-state index in [2.05, 4.69) is 27.3 Å². The summed E-state index contributed by atoms with van der Waals surface area (Å²) in [5.41, 5.74) is 2.17. The van der Waals surface area contributed by atoms with Crippen molar-refractivity contribution in [3.05, 3.63) is 54.1 Å². The molecule has 0 saturated carbocycles. The Morgan fingerprint density at radius 1 is 1.14 bits per heavy atom. The number of rotatable bonds is 8. The third-order valence-corrected chi connectivity index (χ3v) is 6.95. The van der Waals surface area contributed by atoms with Crippen LogP contribution in [0, 0.1) is 17.2 Å². The lowest BCUT2D eigenvalue weighted by molar-refractivity contribution is -0.126. The van der Waals surface area contributed by atoms with Gasteiger partial charge in [0.15, 0.2) is 0 Å². The fraction of sp³-hybridized carbons (Fsp3) is 0.481.